The van der Waals surface area contributed by atoms with Crippen LogP contribution in [0, 0.1) is 11.7 Å². The highest BCUT2D eigenvalue weighted by Crippen LogP contribution is 2.11. The molecule has 0 radical (unpaired) electrons. The van der Waals surface area contributed by atoms with Gasteiger partial charge in [-0.15, -0.1) is 0 Å². The molecule has 0 spiro atoms. The molecule has 0 aromatic heterocycles. The third-order valence-corrected chi connectivity index (χ3v) is 3.42. The second-order valence-corrected chi connectivity index (χ2v) is 5.82. The van der Waals surface area contributed by atoms with Gasteiger partial charge in [-0.3, -0.25) is 4.99 Å². The number of halogens is 1. The van der Waals surface area contributed by atoms with Crippen molar-refractivity contribution in [1.29, 1.82) is 0 Å². The second kappa shape index (κ2) is 10.0. The Morgan fingerprint density at radius 3 is 2.48 bits per heavy atom. The van der Waals surface area contributed by atoms with Crippen LogP contribution in [0.5, 0.6) is 5.75 Å². The minimum absolute atomic E-state index is 0.105. The minimum Gasteiger partial charge on any atom is -0.491 e. The molecule has 130 valence electrons. The molecule has 23 heavy (non-hydrogen) atoms. The largest absolute Gasteiger partial charge is 0.491 e. The predicted octanol–water partition coefficient (Wildman–Crippen LogP) is 2.17. The second-order valence-electron chi connectivity index (χ2n) is 5.82. The van der Waals surface area contributed by atoms with Crippen LogP contribution in [0.15, 0.2) is 29.3 Å². The number of nitrogens with zero attached hydrogens (tertiary/aromatic N) is 1. The van der Waals surface area contributed by atoms with E-state index in [-0.39, 0.29) is 25.0 Å². The van der Waals surface area contributed by atoms with E-state index in [1.54, 1.807) is 0 Å². The van der Waals surface area contributed by atoms with Gasteiger partial charge in [0.15, 0.2) is 5.96 Å². The summed E-state index contributed by atoms with van der Waals surface area (Å²) in [5.74, 6) is 1.36. The summed E-state index contributed by atoms with van der Waals surface area (Å²) >= 11 is 0. The first kappa shape index (κ1) is 19.2. The van der Waals surface area contributed by atoms with Crippen LogP contribution in [0.2, 0.25) is 0 Å². The minimum atomic E-state index is -0.732. The first-order valence-corrected chi connectivity index (χ1v) is 8.03. The molecule has 1 aromatic rings. The van der Waals surface area contributed by atoms with Gasteiger partial charge in [-0.25, -0.2) is 4.39 Å². The van der Waals surface area contributed by atoms with Gasteiger partial charge in [0.1, 0.15) is 24.3 Å². The van der Waals surface area contributed by atoms with Crippen molar-refractivity contribution in [2.45, 2.75) is 39.8 Å². The van der Waals surface area contributed by atoms with E-state index < -0.39 is 6.10 Å². The van der Waals surface area contributed by atoms with Crippen molar-refractivity contribution in [2.75, 3.05) is 19.7 Å². The Labute approximate surface area is 138 Å². The van der Waals surface area contributed by atoms with Crippen molar-refractivity contribution in [3.63, 3.8) is 0 Å². The maximum Gasteiger partial charge on any atom is 0.191 e. The Kier molecular flexibility index (Phi) is 8.40. The molecule has 0 saturated heterocycles. The molecule has 0 fully saturated rings. The molecule has 0 amide bonds. The van der Waals surface area contributed by atoms with Crippen molar-refractivity contribution < 1.29 is 14.2 Å². The fourth-order valence-electron chi connectivity index (χ4n) is 1.67. The molecular formula is C17H28FN3O2. The fraction of sp³-hybridized carbons (Fsp3) is 0.588. The number of hydrogen-bond acceptors (Lipinski definition) is 3. The van der Waals surface area contributed by atoms with Gasteiger partial charge in [0.2, 0.25) is 0 Å². The Morgan fingerprint density at radius 2 is 1.91 bits per heavy atom. The zero-order valence-electron chi connectivity index (χ0n) is 14.3. The van der Waals surface area contributed by atoms with E-state index in [0.717, 1.165) is 6.54 Å². The smallest absolute Gasteiger partial charge is 0.191 e. The molecule has 0 aliphatic carbocycles. The van der Waals surface area contributed by atoms with Gasteiger partial charge < -0.3 is 20.5 Å². The zero-order valence-corrected chi connectivity index (χ0v) is 14.3. The molecule has 0 saturated carbocycles. The molecule has 0 heterocycles. The summed E-state index contributed by atoms with van der Waals surface area (Å²) in [6, 6.07) is 5.98. The highest BCUT2D eigenvalue weighted by atomic mass is 19.1. The van der Waals surface area contributed by atoms with E-state index in [1.165, 1.54) is 24.3 Å². The molecule has 0 aliphatic heterocycles. The molecule has 0 bridgehead atoms. The van der Waals surface area contributed by atoms with Crippen LogP contribution >= 0.6 is 0 Å². The molecule has 5 nitrogen and oxygen atoms in total. The Morgan fingerprint density at radius 1 is 1.26 bits per heavy atom. The van der Waals surface area contributed by atoms with Gasteiger partial charge in [-0.2, -0.15) is 0 Å². The Bertz CT molecular complexity index is 477. The molecule has 0 aliphatic rings. The molecule has 2 atom stereocenters. The number of hydrogen-bond donors (Lipinski definition) is 3. The van der Waals surface area contributed by atoms with Crippen LogP contribution in [-0.4, -0.2) is 42.9 Å². The fourth-order valence-corrected chi connectivity index (χ4v) is 1.67. The third-order valence-electron chi connectivity index (χ3n) is 3.42. The summed E-state index contributed by atoms with van der Waals surface area (Å²) < 4.78 is 18.2. The lowest BCUT2D eigenvalue weighted by molar-refractivity contribution is 0.114. The van der Waals surface area contributed by atoms with E-state index >= 15 is 0 Å². The number of guanidine groups is 1. The van der Waals surface area contributed by atoms with Crippen molar-refractivity contribution >= 4 is 5.96 Å². The maximum atomic E-state index is 12.8. The first-order valence-electron chi connectivity index (χ1n) is 8.03. The Balaban J connectivity index is 2.45. The van der Waals surface area contributed by atoms with Crippen molar-refractivity contribution in [1.82, 2.24) is 10.6 Å². The number of benzene rings is 1. The third kappa shape index (κ3) is 7.83. The van der Waals surface area contributed by atoms with Crippen LogP contribution in [0.1, 0.15) is 27.7 Å². The number of rotatable bonds is 8. The van der Waals surface area contributed by atoms with Gasteiger partial charge in [0.05, 0.1) is 6.54 Å². The number of nitrogens with one attached hydrogen (secondary N) is 2. The SMILES string of the molecule is CCNC(=NCC(O)COc1ccc(F)cc1)NC(C)C(C)C. The van der Waals surface area contributed by atoms with E-state index in [1.807, 2.05) is 6.92 Å². The van der Waals surface area contributed by atoms with Gasteiger partial charge in [-0.1, -0.05) is 13.8 Å². The summed E-state index contributed by atoms with van der Waals surface area (Å²) in [7, 11) is 0. The average molecular weight is 325 g/mol. The standard InChI is InChI=1S/C17H28FN3O2/c1-5-19-17(21-13(4)12(2)3)20-10-15(22)11-23-16-8-6-14(18)7-9-16/h6-9,12-13,15,22H,5,10-11H2,1-4H3,(H2,19,20,21). The molecule has 1 rings (SSSR count). The lowest BCUT2D eigenvalue weighted by Gasteiger charge is -2.21. The molecule has 3 N–H and O–H groups in total. The van der Waals surface area contributed by atoms with E-state index in [4.69, 9.17) is 4.74 Å². The quantitative estimate of drug-likeness (QED) is 0.506. The molecular weight excluding hydrogens is 297 g/mol. The highest BCUT2D eigenvalue weighted by Gasteiger charge is 2.10. The van der Waals surface area contributed by atoms with Gasteiger partial charge in [0, 0.05) is 12.6 Å². The van der Waals surface area contributed by atoms with Gasteiger partial charge in [-0.05, 0) is 44.0 Å². The summed E-state index contributed by atoms with van der Waals surface area (Å²) in [6.45, 7) is 9.42. The topological polar surface area (TPSA) is 65.9 Å². The monoisotopic (exact) mass is 325 g/mol. The van der Waals surface area contributed by atoms with E-state index in [2.05, 4.69) is 36.4 Å². The van der Waals surface area contributed by atoms with Crippen LogP contribution < -0.4 is 15.4 Å². The molecule has 2 unspecified atom stereocenters. The maximum absolute atomic E-state index is 12.8. The first-order chi connectivity index (χ1) is 10.9. The average Bonchev–Trinajstić information content (AvgIpc) is 2.52. The summed E-state index contributed by atoms with van der Waals surface area (Å²) in [5.41, 5.74) is 0. The van der Waals surface area contributed by atoms with Crippen LogP contribution in [0.3, 0.4) is 0 Å². The number of aliphatic imine (C=N–C) groups is 1. The van der Waals surface area contributed by atoms with Gasteiger partial charge >= 0.3 is 0 Å². The zero-order chi connectivity index (χ0) is 17.2. The molecule has 1 aromatic carbocycles. The summed E-state index contributed by atoms with van der Waals surface area (Å²) in [4.78, 5) is 4.37. The van der Waals surface area contributed by atoms with E-state index in [9.17, 15) is 9.50 Å². The Hall–Kier alpha value is -1.82. The number of aliphatic hydroxyl groups excluding tert-OH is 1. The van der Waals surface area contributed by atoms with Gasteiger partial charge in [0.25, 0.3) is 0 Å². The lowest BCUT2D eigenvalue weighted by Crippen LogP contribution is -2.44. The molecule has 6 heteroatoms. The summed E-state index contributed by atoms with van der Waals surface area (Å²) in [5, 5.41) is 16.4. The predicted molar refractivity (Wildman–Crippen MR) is 91.3 cm³/mol. The van der Waals surface area contributed by atoms with Crippen LogP contribution in [0.4, 0.5) is 4.39 Å². The number of ether oxygens (including phenoxy) is 1. The highest BCUT2D eigenvalue weighted by molar-refractivity contribution is 5.80. The van der Waals surface area contributed by atoms with E-state index in [0.29, 0.717) is 17.6 Å². The normalized spacial score (nSPS) is 14.5. The van der Waals surface area contributed by atoms with Crippen molar-refractivity contribution in [2.24, 2.45) is 10.9 Å². The van der Waals surface area contributed by atoms with Crippen molar-refractivity contribution in [3.05, 3.63) is 30.1 Å². The number of aliphatic hydroxyl groups is 1. The van der Waals surface area contributed by atoms with Crippen LogP contribution in [-0.2, 0) is 0 Å². The van der Waals surface area contributed by atoms with Crippen molar-refractivity contribution in [3.8, 4) is 5.75 Å². The lowest BCUT2D eigenvalue weighted by atomic mass is 10.1. The van der Waals surface area contributed by atoms with Crippen LogP contribution in [0.25, 0.3) is 0 Å². The summed E-state index contributed by atoms with van der Waals surface area (Å²) in [6.07, 6.45) is -0.732.